The van der Waals surface area contributed by atoms with Gasteiger partial charge in [-0.1, -0.05) is 26.0 Å². The highest BCUT2D eigenvalue weighted by molar-refractivity contribution is 5.28. The summed E-state index contributed by atoms with van der Waals surface area (Å²) in [6, 6.07) is 6.23. The second-order valence-corrected chi connectivity index (χ2v) is 5.55. The van der Waals surface area contributed by atoms with Crippen LogP contribution in [0.1, 0.15) is 43.9 Å². The summed E-state index contributed by atoms with van der Waals surface area (Å²) in [7, 11) is 0. The number of alkyl halides is 3. The van der Waals surface area contributed by atoms with Crippen molar-refractivity contribution in [1.82, 2.24) is 10.2 Å². The first-order valence-electron chi connectivity index (χ1n) is 7.60. The van der Waals surface area contributed by atoms with Crippen LogP contribution in [-0.2, 0) is 6.18 Å². The van der Waals surface area contributed by atoms with E-state index in [1.54, 1.807) is 6.07 Å². The van der Waals surface area contributed by atoms with Gasteiger partial charge in [-0.05, 0) is 43.6 Å². The molecule has 5 heteroatoms. The smallest absolute Gasteiger partial charge is 0.309 e. The summed E-state index contributed by atoms with van der Waals surface area (Å²) in [4.78, 5) is 2.35. The molecule has 0 aliphatic heterocycles. The first-order chi connectivity index (χ1) is 9.95. The van der Waals surface area contributed by atoms with Crippen molar-refractivity contribution in [1.29, 1.82) is 0 Å². The van der Waals surface area contributed by atoms with Crippen LogP contribution in [0.4, 0.5) is 13.2 Å². The number of benzene rings is 1. The molecule has 1 aromatic carbocycles. The third-order valence-electron chi connectivity index (χ3n) is 3.95. The molecule has 0 radical (unpaired) electrons. The van der Waals surface area contributed by atoms with Gasteiger partial charge in [-0.25, -0.2) is 0 Å². The average molecular weight is 300 g/mol. The van der Waals surface area contributed by atoms with E-state index in [-0.39, 0.29) is 6.04 Å². The van der Waals surface area contributed by atoms with E-state index in [1.165, 1.54) is 25.0 Å². The molecule has 1 aliphatic carbocycles. The fourth-order valence-electron chi connectivity index (χ4n) is 2.68. The maximum absolute atomic E-state index is 12.9. The molecule has 0 bridgehead atoms. The van der Waals surface area contributed by atoms with E-state index in [0.29, 0.717) is 11.6 Å². The zero-order chi connectivity index (χ0) is 15.5. The Hall–Kier alpha value is -1.07. The Morgan fingerprint density at radius 3 is 2.52 bits per heavy atom. The second kappa shape index (κ2) is 6.79. The van der Waals surface area contributed by atoms with Crippen LogP contribution < -0.4 is 5.32 Å². The van der Waals surface area contributed by atoms with Gasteiger partial charge in [0, 0.05) is 18.6 Å². The SMILES string of the molecule is CCNC(CN(CC)C1CC1)c1cccc(C(F)(F)F)c1. The number of nitrogens with zero attached hydrogens (tertiary/aromatic N) is 1. The summed E-state index contributed by atoms with van der Waals surface area (Å²) in [5.41, 5.74) is 0.142. The van der Waals surface area contributed by atoms with Crippen LogP contribution in [-0.4, -0.2) is 30.6 Å². The second-order valence-electron chi connectivity index (χ2n) is 5.55. The lowest BCUT2D eigenvalue weighted by Crippen LogP contribution is -2.36. The maximum atomic E-state index is 12.9. The number of hydrogen-bond donors (Lipinski definition) is 1. The van der Waals surface area contributed by atoms with Gasteiger partial charge in [0.25, 0.3) is 0 Å². The van der Waals surface area contributed by atoms with Gasteiger partial charge in [-0.2, -0.15) is 13.2 Å². The van der Waals surface area contributed by atoms with E-state index < -0.39 is 11.7 Å². The highest BCUT2D eigenvalue weighted by Crippen LogP contribution is 2.32. The molecule has 1 atom stereocenters. The Kier molecular flexibility index (Phi) is 5.27. The first kappa shape index (κ1) is 16.3. The monoisotopic (exact) mass is 300 g/mol. The van der Waals surface area contributed by atoms with E-state index in [0.717, 1.165) is 25.7 Å². The quantitative estimate of drug-likeness (QED) is 0.823. The van der Waals surface area contributed by atoms with Crippen LogP contribution in [0.2, 0.25) is 0 Å². The van der Waals surface area contributed by atoms with E-state index >= 15 is 0 Å². The van der Waals surface area contributed by atoms with Gasteiger partial charge in [-0.3, -0.25) is 4.90 Å². The number of nitrogens with one attached hydrogen (secondary N) is 1. The van der Waals surface area contributed by atoms with Gasteiger partial charge in [0.15, 0.2) is 0 Å². The molecule has 1 unspecified atom stereocenters. The lowest BCUT2D eigenvalue weighted by Gasteiger charge is -2.27. The Bertz CT molecular complexity index is 455. The molecule has 1 fully saturated rings. The van der Waals surface area contributed by atoms with Crippen molar-refractivity contribution in [2.75, 3.05) is 19.6 Å². The van der Waals surface area contributed by atoms with Crippen molar-refractivity contribution in [2.24, 2.45) is 0 Å². The van der Waals surface area contributed by atoms with Gasteiger partial charge in [0.2, 0.25) is 0 Å². The van der Waals surface area contributed by atoms with Gasteiger partial charge in [-0.15, -0.1) is 0 Å². The molecule has 0 saturated heterocycles. The molecule has 0 aromatic heterocycles. The molecule has 1 N–H and O–H groups in total. The molecular weight excluding hydrogens is 277 g/mol. The van der Waals surface area contributed by atoms with E-state index in [1.807, 2.05) is 6.92 Å². The summed E-state index contributed by atoms with van der Waals surface area (Å²) in [6.07, 6.45) is -1.88. The van der Waals surface area contributed by atoms with Crippen molar-refractivity contribution in [3.8, 4) is 0 Å². The molecule has 1 saturated carbocycles. The predicted molar refractivity (Wildman–Crippen MR) is 78.1 cm³/mol. The Labute approximate surface area is 124 Å². The zero-order valence-corrected chi connectivity index (χ0v) is 12.6. The minimum Gasteiger partial charge on any atom is -0.309 e. The number of hydrogen-bond acceptors (Lipinski definition) is 2. The highest BCUT2D eigenvalue weighted by atomic mass is 19.4. The van der Waals surface area contributed by atoms with E-state index in [2.05, 4.69) is 17.1 Å². The third-order valence-corrected chi connectivity index (χ3v) is 3.95. The molecule has 21 heavy (non-hydrogen) atoms. The van der Waals surface area contributed by atoms with Crippen molar-refractivity contribution in [2.45, 2.75) is 44.9 Å². The van der Waals surface area contributed by atoms with Crippen molar-refractivity contribution in [3.63, 3.8) is 0 Å². The van der Waals surface area contributed by atoms with E-state index in [4.69, 9.17) is 0 Å². The Morgan fingerprint density at radius 2 is 2.00 bits per heavy atom. The summed E-state index contributed by atoms with van der Waals surface area (Å²) in [5, 5.41) is 3.32. The predicted octanol–water partition coefficient (Wildman–Crippen LogP) is 3.84. The summed E-state index contributed by atoms with van der Waals surface area (Å²) < 4.78 is 38.6. The first-order valence-corrected chi connectivity index (χ1v) is 7.60. The Balaban J connectivity index is 2.16. The van der Waals surface area contributed by atoms with Gasteiger partial charge < -0.3 is 5.32 Å². The van der Waals surface area contributed by atoms with Gasteiger partial charge >= 0.3 is 6.18 Å². The zero-order valence-electron chi connectivity index (χ0n) is 12.6. The molecule has 0 spiro atoms. The average Bonchev–Trinajstić information content (AvgIpc) is 3.27. The van der Waals surface area contributed by atoms with Crippen LogP contribution in [0.3, 0.4) is 0 Å². The van der Waals surface area contributed by atoms with Crippen LogP contribution >= 0.6 is 0 Å². The standard InChI is InChI=1S/C16H23F3N2/c1-3-20-15(11-21(4-2)14-8-9-14)12-6-5-7-13(10-12)16(17,18)19/h5-7,10,14-15,20H,3-4,8-9,11H2,1-2H3. The molecule has 2 nitrogen and oxygen atoms in total. The lowest BCUT2D eigenvalue weighted by atomic mass is 10.0. The van der Waals surface area contributed by atoms with Gasteiger partial charge in [0.05, 0.1) is 5.56 Å². The number of halogens is 3. The fraction of sp³-hybridized carbons (Fsp3) is 0.625. The van der Waals surface area contributed by atoms with Crippen LogP contribution in [0.25, 0.3) is 0 Å². The largest absolute Gasteiger partial charge is 0.416 e. The minimum absolute atomic E-state index is 0.0575. The summed E-state index contributed by atoms with van der Waals surface area (Å²) in [5.74, 6) is 0. The molecule has 118 valence electrons. The van der Waals surface area contributed by atoms with Crippen LogP contribution in [0.15, 0.2) is 24.3 Å². The van der Waals surface area contributed by atoms with Crippen LogP contribution in [0, 0.1) is 0 Å². The topological polar surface area (TPSA) is 15.3 Å². The van der Waals surface area contributed by atoms with Crippen LogP contribution in [0.5, 0.6) is 0 Å². The fourth-order valence-corrected chi connectivity index (χ4v) is 2.68. The molecule has 1 aliphatic rings. The normalized spacial score (nSPS) is 17.2. The maximum Gasteiger partial charge on any atom is 0.416 e. The van der Waals surface area contributed by atoms with Crippen molar-refractivity contribution < 1.29 is 13.2 Å². The van der Waals surface area contributed by atoms with Crippen molar-refractivity contribution in [3.05, 3.63) is 35.4 Å². The molecule has 2 rings (SSSR count). The van der Waals surface area contributed by atoms with Gasteiger partial charge in [0.1, 0.15) is 0 Å². The summed E-state index contributed by atoms with van der Waals surface area (Å²) >= 11 is 0. The lowest BCUT2D eigenvalue weighted by molar-refractivity contribution is -0.137. The minimum atomic E-state index is -4.28. The molecule has 0 amide bonds. The van der Waals surface area contributed by atoms with E-state index in [9.17, 15) is 13.2 Å². The highest BCUT2D eigenvalue weighted by Gasteiger charge is 2.32. The molecule has 1 aromatic rings. The molecular formula is C16H23F3N2. The molecule has 0 heterocycles. The van der Waals surface area contributed by atoms with Crippen molar-refractivity contribution >= 4 is 0 Å². The summed E-state index contributed by atoms with van der Waals surface area (Å²) in [6.45, 7) is 6.52. The number of likely N-dealkylation sites (N-methyl/N-ethyl adjacent to an activating group) is 2. The Morgan fingerprint density at radius 1 is 1.29 bits per heavy atom. The third kappa shape index (κ3) is 4.45. The number of rotatable bonds is 7.